The Labute approximate surface area is 199 Å². The normalized spacial score (nSPS) is 14.4. The summed E-state index contributed by atoms with van der Waals surface area (Å²) in [5.41, 5.74) is -0.272. The molecule has 0 bridgehead atoms. The number of alkyl carbamates (subject to hydrolysis) is 1. The summed E-state index contributed by atoms with van der Waals surface area (Å²) in [6, 6.07) is 9.62. The van der Waals surface area contributed by atoms with E-state index in [0.717, 1.165) is 17.7 Å². The Hall–Kier alpha value is -2.43. The number of pyridine rings is 1. The third-order valence-electron chi connectivity index (χ3n) is 5.93. The first-order valence-corrected chi connectivity index (χ1v) is 13.9. The molecular weight excluding hydrogens is 465 g/mol. The molecule has 0 aliphatic carbocycles. The highest BCUT2D eigenvalue weighted by Gasteiger charge is 2.39. The molecule has 188 valence electrons. The number of aliphatic hydroxyl groups is 1. The molecule has 1 amide bonds. The van der Waals surface area contributed by atoms with Gasteiger partial charge in [-0.25, -0.2) is 4.79 Å². The lowest BCUT2D eigenvalue weighted by molar-refractivity contribution is -0.137. The monoisotopic (exact) mass is 498 g/mol. The van der Waals surface area contributed by atoms with Crippen LogP contribution in [0.15, 0.2) is 42.5 Å². The predicted octanol–water partition coefficient (Wildman–Crippen LogP) is 5.76. The zero-order valence-corrected chi connectivity index (χ0v) is 21.4. The van der Waals surface area contributed by atoms with Crippen LogP contribution in [0.5, 0.6) is 0 Å². The standard InChI is InChI=1S/C24H33F3N2O4Si/c1-16-12-18(24(25,26)27)13-19(28-16)21(30)20(15-33-34(5,6)23(2,3)4)29-22(31)32-14-17-10-8-7-9-11-17/h7-13,20-21,30H,14-15H2,1-6H3,(H,29,31)/t20-,21+/m0/s1. The molecule has 2 rings (SSSR count). The van der Waals surface area contributed by atoms with E-state index < -0.39 is 38.3 Å². The minimum atomic E-state index is -4.60. The fourth-order valence-corrected chi connectivity index (χ4v) is 3.89. The van der Waals surface area contributed by atoms with Crippen LogP contribution in [0.25, 0.3) is 0 Å². The summed E-state index contributed by atoms with van der Waals surface area (Å²) >= 11 is 0. The Morgan fingerprint density at radius 3 is 2.32 bits per heavy atom. The molecule has 0 unspecified atom stereocenters. The van der Waals surface area contributed by atoms with Gasteiger partial charge >= 0.3 is 12.3 Å². The van der Waals surface area contributed by atoms with Crippen molar-refractivity contribution >= 4 is 14.4 Å². The van der Waals surface area contributed by atoms with Crippen molar-refractivity contribution in [3.05, 3.63) is 65.0 Å². The predicted molar refractivity (Wildman–Crippen MR) is 126 cm³/mol. The zero-order valence-electron chi connectivity index (χ0n) is 20.4. The molecule has 2 atom stereocenters. The lowest BCUT2D eigenvalue weighted by Gasteiger charge is -2.38. The van der Waals surface area contributed by atoms with Crippen LogP contribution < -0.4 is 5.32 Å². The molecule has 6 nitrogen and oxygen atoms in total. The average Bonchev–Trinajstić information content (AvgIpc) is 2.73. The Morgan fingerprint density at radius 2 is 1.76 bits per heavy atom. The SMILES string of the molecule is Cc1cc(C(F)(F)F)cc([C@@H](O)[C@H](CO[Si](C)(C)C(C)(C)C)NC(=O)OCc2ccccc2)n1. The summed E-state index contributed by atoms with van der Waals surface area (Å²) < 4.78 is 51.3. The summed E-state index contributed by atoms with van der Waals surface area (Å²) in [5.74, 6) is 0. The van der Waals surface area contributed by atoms with Gasteiger partial charge in [-0.15, -0.1) is 0 Å². The van der Waals surface area contributed by atoms with E-state index in [4.69, 9.17) is 9.16 Å². The molecule has 34 heavy (non-hydrogen) atoms. The van der Waals surface area contributed by atoms with Crippen molar-refractivity contribution in [2.24, 2.45) is 0 Å². The van der Waals surface area contributed by atoms with Gasteiger partial charge in [0, 0.05) is 5.69 Å². The number of ether oxygens (including phenoxy) is 1. The highest BCUT2D eigenvalue weighted by molar-refractivity contribution is 6.74. The van der Waals surface area contributed by atoms with E-state index in [1.54, 1.807) is 24.3 Å². The van der Waals surface area contributed by atoms with Gasteiger partial charge in [-0.1, -0.05) is 51.1 Å². The molecule has 0 saturated heterocycles. The van der Waals surface area contributed by atoms with Crippen molar-refractivity contribution < 1.29 is 32.2 Å². The smallest absolute Gasteiger partial charge is 0.416 e. The van der Waals surface area contributed by atoms with Crippen molar-refractivity contribution in [1.29, 1.82) is 0 Å². The van der Waals surface area contributed by atoms with Gasteiger partial charge in [-0.2, -0.15) is 13.2 Å². The van der Waals surface area contributed by atoms with Crippen LogP contribution >= 0.6 is 0 Å². The number of amides is 1. The molecule has 1 aromatic heterocycles. The number of aliphatic hydroxyl groups excluding tert-OH is 1. The number of carbonyl (C=O) groups excluding carboxylic acids is 1. The number of nitrogens with one attached hydrogen (secondary N) is 1. The van der Waals surface area contributed by atoms with Gasteiger partial charge in [-0.3, -0.25) is 4.98 Å². The van der Waals surface area contributed by atoms with Gasteiger partial charge in [0.15, 0.2) is 8.32 Å². The minimum Gasteiger partial charge on any atom is -0.445 e. The number of halogens is 3. The summed E-state index contributed by atoms with van der Waals surface area (Å²) in [5, 5.41) is 13.4. The number of hydrogen-bond acceptors (Lipinski definition) is 5. The van der Waals surface area contributed by atoms with E-state index in [9.17, 15) is 23.1 Å². The van der Waals surface area contributed by atoms with Gasteiger partial charge in [0.25, 0.3) is 0 Å². The van der Waals surface area contributed by atoms with Crippen LogP contribution in [-0.4, -0.2) is 37.1 Å². The number of aryl methyl sites for hydroxylation is 1. The van der Waals surface area contributed by atoms with E-state index in [1.807, 2.05) is 39.9 Å². The van der Waals surface area contributed by atoms with Gasteiger partial charge in [0.1, 0.15) is 12.7 Å². The maximum atomic E-state index is 13.3. The topological polar surface area (TPSA) is 80.7 Å². The highest BCUT2D eigenvalue weighted by atomic mass is 28.4. The van der Waals surface area contributed by atoms with E-state index in [2.05, 4.69) is 10.3 Å². The van der Waals surface area contributed by atoms with Gasteiger partial charge < -0.3 is 19.6 Å². The van der Waals surface area contributed by atoms with Crippen molar-refractivity contribution in [3.63, 3.8) is 0 Å². The zero-order chi connectivity index (χ0) is 25.7. The summed E-state index contributed by atoms with van der Waals surface area (Å²) in [7, 11) is -2.29. The molecule has 2 aromatic rings. The van der Waals surface area contributed by atoms with Crippen molar-refractivity contribution in [1.82, 2.24) is 10.3 Å². The van der Waals surface area contributed by atoms with Crippen LogP contribution in [0.4, 0.5) is 18.0 Å². The van der Waals surface area contributed by atoms with Gasteiger partial charge in [0.05, 0.1) is 23.9 Å². The molecule has 2 N–H and O–H groups in total. The minimum absolute atomic E-state index is 0.000499. The first-order valence-electron chi connectivity index (χ1n) is 10.9. The Bertz CT molecular complexity index is 963. The first kappa shape index (κ1) is 27.8. The molecule has 1 heterocycles. The second-order valence-corrected chi connectivity index (χ2v) is 14.6. The Balaban J connectivity index is 2.25. The highest BCUT2D eigenvalue weighted by Crippen LogP contribution is 2.37. The number of benzene rings is 1. The fraction of sp³-hybridized carbons (Fsp3) is 0.500. The molecule has 10 heteroatoms. The van der Waals surface area contributed by atoms with Crippen LogP contribution in [0, 0.1) is 6.92 Å². The Morgan fingerprint density at radius 1 is 1.15 bits per heavy atom. The maximum Gasteiger partial charge on any atom is 0.416 e. The van der Waals surface area contributed by atoms with Crippen molar-refractivity contribution in [2.75, 3.05) is 6.61 Å². The molecule has 0 aliphatic heterocycles. The lowest BCUT2D eigenvalue weighted by Crippen LogP contribution is -2.48. The van der Waals surface area contributed by atoms with Crippen molar-refractivity contribution in [2.45, 2.75) is 70.8 Å². The second-order valence-electron chi connectivity index (χ2n) is 9.75. The molecule has 0 radical (unpaired) electrons. The summed E-state index contributed by atoms with van der Waals surface area (Å²) in [6.07, 6.45) is -6.97. The van der Waals surface area contributed by atoms with Crippen LogP contribution in [0.3, 0.4) is 0 Å². The number of alkyl halides is 3. The number of nitrogens with zero attached hydrogens (tertiary/aromatic N) is 1. The molecular formula is C24H33F3N2O4Si. The molecule has 1 aromatic carbocycles. The first-order chi connectivity index (χ1) is 15.6. The Kier molecular flexibility index (Phi) is 8.90. The third-order valence-corrected chi connectivity index (χ3v) is 10.4. The lowest BCUT2D eigenvalue weighted by atomic mass is 10.1. The number of carbonyl (C=O) groups is 1. The number of rotatable bonds is 8. The van der Waals surface area contributed by atoms with Crippen LogP contribution in [0.2, 0.25) is 18.1 Å². The largest absolute Gasteiger partial charge is 0.445 e. The van der Waals surface area contributed by atoms with Crippen molar-refractivity contribution in [3.8, 4) is 0 Å². The van der Waals surface area contributed by atoms with Gasteiger partial charge in [0.2, 0.25) is 0 Å². The third kappa shape index (κ3) is 7.81. The molecule has 0 spiro atoms. The van der Waals surface area contributed by atoms with Crippen LogP contribution in [-0.2, 0) is 21.9 Å². The van der Waals surface area contributed by atoms with E-state index in [0.29, 0.717) is 0 Å². The summed E-state index contributed by atoms with van der Waals surface area (Å²) in [6.45, 7) is 11.4. The molecule has 0 fully saturated rings. The maximum absolute atomic E-state index is 13.3. The van der Waals surface area contributed by atoms with E-state index in [1.165, 1.54) is 6.92 Å². The average molecular weight is 499 g/mol. The van der Waals surface area contributed by atoms with Gasteiger partial charge in [-0.05, 0) is 42.8 Å². The second kappa shape index (κ2) is 10.9. The van der Waals surface area contributed by atoms with E-state index >= 15 is 0 Å². The summed E-state index contributed by atoms with van der Waals surface area (Å²) in [4.78, 5) is 16.6. The fourth-order valence-electron chi connectivity index (χ4n) is 2.86. The molecule has 0 aliphatic rings. The van der Waals surface area contributed by atoms with E-state index in [-0.39, 0.29) is 29.6 Å². The molecule has 0 saturated carbocycles. The number of hydrogen-bond donors (Lipinski definition) is 2. The quantitative estimate of drug-likeness (QED) is 0.453. The van der Waals surface area contributed by atoms with Crippen LogP contribution in [0.1, 0.15) is 49.4 Å². The number of aromatic nitrogens is 1.